The second-order valence-electron chi connectivity index (χ2n) is 3.37. The smallest absolute Gasteiger partial charge is 0.243 e. The minimum absolute atomic E-state index is 0.142. The molecule has 0 saturated carbocycles. The van der Waals surface area contributed by atoms with Crippen LogP contribution in [0.25, 0.3) is 0 Å². The van der Waals surface area contributed by atoms with Crippen molar-refractivity contribution in [1.29, 1.82) is 0 Å². The van der Waals surface area contributed by atoms with E-state index >= 15 is 0 Å². The summed E-state index contributed by atoms with van der Waals surface area (Å²) in [5.41, 5.74) is 0.359. The Bertz CT molecular complexity index is 409. The zero-order valence-corrected chi connectivity index (χ0v) is 9.42. The number of hydrogen-bond donors (Lipinski definition) is 3. The van der Waals surface area contributed by atoms with Crippen LogP contribution in [-0.4, -0.2) is 32.0 Å². The molecule has 5 nitrogen and oxygen atoms in total. The van der Waals surface area contributed by atoms with E-state index in [2.05, 4.69) is 16.0 Å². The van der Waals surface area contributed by atoms with E-state index in [-0.39, 0.29) is 19.0 Å². The second kappa shape index (κ2) is 6.59. The quantitative estimate of drug-likeness (QED) is 0.682. The number of likely N-dealkylation sites (N-methyl/N-ethyl adjacent to an activating group) is 1. The van der Waals surface area contributed by atoms with E-state index in [4.69, 9.17) is 0 Å². The molecule has 0 heterocycles. The van der Waals surface area contributed by atoms with Crippen molar-refractivity contribution in [1.82, 2.24) is 10.6 Å². The van der Waals surface area contributed by atoms with Crippen LogP contribution in [0.3, 0.4) is 0 Å². The molecule has 6 heteroatoms. The number of rotatable bonds is 5. The van der Waals surface area contributed by atoms with Gasteiger partial charge in [-0.25, -0.2) is 4.39 Å². The first-order chi connectivity index (χ1) is 8.11. The monoisotopic (exact) mass is 239 g/mol. The predicted octanol–water partition coefficient (Wildman–Crippen LogP) is 0.0998. The molecule has 92 valence electrons. The second-order valence-corrected chi connectivity index (χ2v) is 3.37. The van der Waals surface area contributed by atoms with Crippen LogP contribution in [0.2, 0.25) is 0 Å². The molecule has 0 saturated heterocycles. The third-order valence-corrected chi connectivity index (χ3v) is 1.89. The number of benzene rings is 1. The van der Waals surface area contributed by atoms with Gasteiger partial charge in [-0.3, -0.25) is 9.59 Å². The van der Waals surface area contributed by atoms with Crippen molar-refractivity contribution in [2.24, 2.45) is 0 Å². The Balaban J connectivity index is 2.37. The Kier molecular flexibility index (Phi) is 5.09. The van der Waals surface area contributed by atoms with Crippen molar-refractivity contribution >= 4 is 17.5 Å². The van der Waals surface area contributed by atoms with Gasteiger partial charge >= 0.3 is 0 Å². The first kappa shape index (κ1) is 13.1. The van der Waals surface area contributed by atoms with Crippen molar-refractivity contribution in [3.63, 3.8) is 0 Å². The molecule has 1 rings (SSSR count). The normalized spacial score (nSPS) is 9.76. The molecular formula is C11H14FN3O2. The third kappa shape index (κ3) is 5.07. The maximum atomic E-state index is 12.8. The molecule has 0 bridgehead atoms. The first-order valence-corrected chi connectivity index (χ1v) is 5.08. The molecule has 2 amide bonds. The van der Waals surface area contributed by atoms with E-state index in [1.54, 1.807) is 13.1 Å². The molecule has 1 aromatic carbocycles. The number of hydrogen-bond acceptors (Lipinski definition) is 3. The highest BCUT2D eigenvalue weighted by atomic mass is 19.1. The molecule has 0 radical (unpaired) electrons. The van der Waals surface area contributed by atoms with E-state index in [1.165, 1.54) is 18.2 Å². The van der Waals surface area contributed by atoms with Crippen LogP contribution < -0.4 is 16.0 Å². The number of carbonyl (C=O) groups is 2. The van der Waals surface area contributed by atoms with Crippen LogP contribution in [0.4, 0.5) is 10.1 Å². The largest absolute Gasteiger partial charge is 0.346 e. The number of amides is 2. The maximum absolute atomic E-state index is 12.8. The van der Waals surface area contributed by atoms with Gasteiger partial charge in [0, 0.05) is 5.69 Å². The van der Waals surface area contributed by atoms with Crippen LogP contribution in [0.1, 0.15) is 0 Å². The van der Waals surface area contributed by atoms with Crippen LogP contribution in [0.15, 0.2) is 24.3 Å². The van der Waals surface area contributed by atoms with Gasteiger partial charge in [-0.2, -0.15) is 0 Å². The van der Waals surface area contributed by atoms with Crippen molar-refractivity contribution in [2.45, 2.75) is 0 Å². The molecule has 0 fully saturated rings. The van der Waals surface area contributed by atoms with Gasteiger partial charge in [0.1, 0.15) is 5.82 Å². The average molecular weight is 239 g/mol. The van der Waals surface area contributed by atoms with Gasteiger partial charge in [0.05, 0.1) is 13.1 Å². The number of anilines is 1. The van der Waals surface area contributed by atoms with Gasteiger partial charge in [-0.05, 0) is 25.2 Å². The predicted molar refractivity (Wildman–Crippen MR) is 62.0 cm³/mol. The summed E-state index contributed by atoms with van der Waals surface area (Å²) in [6.07, 6.45) is 0. The van der Waals surface area contributed by atoms with Gasteiger partial charge in [0.25, 0.3) is 0 Å². The molecule has 0 atom stereocenters. The fourth-order valence-electron chi connectivity index (χ4n) is 1.17. The molecule has 0 spiro atoms. The summed E-state index contributed by atoms with van der Waals surface area (Å²) < 4.78 is 12.8. The van der Waals surface area contributed by atoms with Crippen LogP contribution in [0.5, 0.6) is 0 Å². The third-order valence-electron chi connectivity index (χ3n) is 1.89. The van der Waals surface area contributed by atoms with Crippen molar-refractivity contribution in [3.8, 4) is 0 Å². The van der Waals surface area contributed by atoms with E-state index in [9.17, 15) is 14.0 Å². The minimum Gasteiger partial charge on any atom is -0.346 e. The van der Waals surface area contributed by atoms with Crippen LogP contribution in [0, 0.1) is 5.82 Å². The lowest BCUT2D eigenvalue weighted by molar-refractivity contribution is -0.123. The molecule has 3 N–H and O–H groups in total. The number of nitrogens with one attached hydrogen (secondary N) is 3. The van der Waals surface area contributed by atoms with Crippen LogP contribution >= 0.6 is 0 Å². The van der Waals surface area contributed by atoms with Crippen LogP contribution in [-0.2, 0) is 9.59 Å². The zero-order valence-electron chi connectivity index (χ0n) is 9.42. The molecular weight excluding hydrogens is 225 g/mol. The Morgan fingerprint density at radius 1 is 1.24 bits per heavy atom. The van der Waals surface area contributed by atoms with Gasteiger partial charge in [0.15, 0.2) is 0 Å². The van der Waals surface area contributed by atoms with Gasteiger partial charge in [-0.15, -0.1) is 0 Å². The van der Waals surface area contributed by atoms with Gasteiger partial charge in [0.2, 0.25) is 11.8 Å². The Labute approximate surface area is 98.4 Å². The SMILES string of the molecule is CNCC(=O)NCC(=O)Nc1cccc(F)c1. The molecule has 0 aliphatic rings. The molecule has 0 aromatic heterocycles. The zero-order chi connectivity index (χ0) is 12.7. The first-order valence-electron chi connectivity index (χ1n) is 5.08. The fourth-order valence-corrected chi connectivity index (χ4v) is 1.17. The lowest BCUT2D eigenvalue weighted by Gasteiger charge is -2.06. The van der Waals surface area contributed by atoms with Crippen molar-refractivity contribution < 1.29 is 14.0 Å². The summed E-state index contributed by atoms with van der Waals surface area (Å²) >= 11 is 0. The highest BCUT2D eigenvalue weighted by molar-refractivity contribution is 5.94. The molecule has 0 aliphatic heterocycles. The average Bonchev–Trinajstić information content (AvgIpc) is 2.27. The standard InChI is InChI=1S/C11H14FN3O2/c1-13-6-10(16)14-7-11(17)15-9-4-2-3-8(12)5-9/h2-5,13H,6-7H2,1H3,(H,14,16)(H,15,17). The molecule has 1 aromatic rings. The van der Waals surface area contributed by atoms with E-state index < -0.39 is 11.7 Å². The van der Waals surface area contributed by atoms with E-state index in [1.807, 2.05) is 0 Å². The molecule has 17 heavy (non-hydrogen) atoms. The number of halogens is 1. The van der Waals surface area contributed by atoms with Gasteiger partial charge in [-0.1, -0.05) is 6.07 Å². The Morgan fingerprint density at radius 2 is 2.00 bits per heavy atom. The minimum atomic E-state index is -0.429. The topological polar surface area (TPSA) is 70.2 Å². The Morgan fingerprint density at radius 3 is 2.65 bits per heavy atom. The highest BCUT2D eigenvalue weighted by Crippen LogP contribution is 2.08. The molecule has 0 aliphatic carbocycles. The summed E-state index contributed by atoms with van der Waals surface area (Å²) in [6.45, 7) is 0.00424. The summed E-state index contributed by atoms with van der Waals surface area (Å²) in [6, 6.07) is 5.54. The summed E-state index contributed by atoms with van der Waals surface area (Å²) in [4.78, 5) is 22.4. The van der Waals surface area contributed by atoms with Crippen molar-refractivity contribution in [2.75, 3.05) is 25.5 Å². The van der Waals surface area contributed by atoms with Gasteiger partial charge < -0.3 is 16.0 Å². The van der Waals surface area contributed by atoms with Crippen molar-refractivity contribution in [3.05, 3.63) is 30.1 Å². The Hall–Kier alpha value is -1.95. The summed E-state index contributed by atoms with van der Waals surface area (Å²) in [5, 5.41) is 7.53. The lowest BCUT2D eigenvalue weighted by atomic mass is 10.3. The van der Waals surface area contributed by atoms with E-state index in [0.29, 0.717) is 5.69 Å². The highest BCUT2D eigenvalue weighted by Gasteiger charge is 2.05. The maximum Gasteiger partial charge on any atom is 0.243 e. The fraction of sp³-hybridized carbons (Fsp3) is 0.273. The number of carbonyl (C=O) groups excluding carboxylic acids is 2. The summed E-state index contributed by atoms with van der Waals surface area (Å²) in [7, 11) is 1.63. The van der Waals surface area contributed by atoms with E-state index in [0.717, 1.165) is 0 Å². The summed E-state index contributed by atoms with van der Waals surface area (Å²) in [5.74, 6) is -1.11. The lowest BCUT2D eigenvalue weighted by Crippen LogP contribution is -2.37. The molecule has 0 unspecified atom stereocenters.